The van der Waals surface area contributed by atoms with E-state index in [0.29, 0.717) is 34.3 Å². The lowest BCUT2D eigenvalue weighted by Crippen LogP contribution is -2.41. The average molecular weight is 531 g/mol. The maximum absolute atomic E-state index is 15.4. The standard InChI is InChI=1S/C29H37F3N4O2/c1-16-14-23-21(15-25(16)38-18(3)24-12-9-13-36(24)7)27(35-19(4)34-23)33-17(2)20-10-8-11-22(26(20)30)29(31,32)28(5,6)37/h8,10-11,14-15,17-18,24,37H,9,12-13H2,1-7H3,(H,33,34,35)/t17-,18+,24+/m1/s1. The summed E-state index contributed by atoms with van der Waals surface area (Å²) in [7, 11) is 2.11. The van der Waals surface area contributed by atoms with Crippen molar-refractivity contribution in [2.75, 3.05) is 18.9 Å². The molecule has 1 aliphatic heterocycles. The maximum atomic E-state index is 15.4. The molecule has 1 saturated heterocycles. The number of aromatic nitrogens is 2. The molecular formula is C29H37F3N4O2. The number of fused-ring (bicyclic) bond motifs is 1. The highest BCUT2D eigenvalue weighted by atomic mass is 19.3. The molecule has 206 valence electrons. The van der Waals surface area contributed by atoms with Crippen LogP contribution in [0.4, 0.5) is 19.0 Å². The smallest absolute Gasteiger partial charge is 0.303 e. The van der Waals surface area contributed by atoms with Gasteiger partial charge in [-0.25, -0.2) is 14.4 Å². The Kier molecular flexibility index (Phi) is 7.65. The molecule has 9 heteroatoms. The fourth-order valence-electron chi connectivity index (χ4n) is 5.16. The molecule has 1 aromatic heterocycles. The number of ether oxygens (including phenoxy) is 1. The summed E-state index contributed by atoms with van der Waals surface area (Å²) in [6.07, 6.45) is 2.20. The van der Waals surface area contributed by atoms with Gasteiger partial charge in [0.1, 0.15) is 34.9 Å². The molecule has 3 aromatic rings. The molecule has 0 unspecified atom stereocenters. The van der Waals surface area contributed by atoms with Crippen molar-refractivity contribution < 1.29 is 23.0 Å². The second-order valence-corrected chi connectivity index (χ2v) is 11.0. The van der Waals surface area contributed by atoms with Gasteiger partial charge in [0.25, 0.3) is 0 Å². The van der Waals surface area contributed by atoms with Crippen molar-refractivity contribution in [2.45, 2.75) is 84.1 Å². The summed E-state index contributed by atoms with van der Waals surface area (Å²) in [5, 5.41) is 13.9. The predicted octanol–water partition coefficient (Wildman–Crippen LogP) is 6.28. The van der Waals surface area contributed by atoms with E-state index in [1.165, 1.54) is 12.1 Å². The Balaban J connectivity index is 1.68. The van der Waals surface area contributed by atoms with Gasteiger partial charge in [-0.3, -0.25) is 4.90 Å². The van der Waals surface area contributed by atoms with Crippen molar-refractivity contribution in [2.24, 2.45) is 0 Å². The van der Waals surface area contributed by atoms with Crippen LogP contribution in [0.5, 0.6) is 5.75 Å². The van der Waals surface area contributed by atoms with E-state index in [4.69, 9.17) is 4.74 Å². The zero-order valence-corrected chi connectivity index (χ0v) is 23.1. The zero-order chi connectivity index (χ0) is 28.0. The number of alkyl halides is 2. The number of halogens is 3. The molecule has 0 spiro atoms. The van der Waals surface area contributed by atoms with Crippen LogP contribution >= 0.6 is 0 Å². The fourth-order valence-corrected chi connectivity index (χ4v) is 5.16. The van der Waals surface area contributed by atoms with Gasteiger partial charge in [-0.2, -0.15) is 8.78 Å². The molecule has 0 saturated carbocycles. The van der Waals surface area contributed by atoms with E-state index in [0.717, 1.165) is 44.9 Å². The molecule has 1 fully saturated rings. The molecule has 0 radical (unpaired) electrons. The first kappa shape index (κ1) is 28.1. The number of likely N-dealkylation sites (N-methyl/N-ethyl adjacent to an activating group) is 1. The molecule has 1 aliphatic rings. The summed E-state index contributed by atoms with van der Waals surface area (Å²) in [4.78, 5) is 11.4. The minimum absolute atomic E-state index is 0.0189. The Labute approximate surface area is 222 Å². The van der Waals surface area contributed by atoms with Crippen LogP contribution in [-0.4, -0.2) is 51.3 Å². The van der Waals surface area contributed by atoms with E-state index >= 15 is 4.39 Å². The first-order chi connectivity index (χ1) is 17.7. The highest BCUT2D eigenvalue weighted by molar-refractivity contribution is 5.91. The number of anilines is 1. The molecule has 3 atom stereocenters. The average Bonchev–Trinajstić information content (AvgIpc) is 3.25. The van der Waals surface area contributed by atoms with Crippen molar-refractivity contribution in [1.82, 2.24) is 14.9 Å². The number of likely N-dealkylation sites (tertiary alicyclic amines) is 1. The van der Waals surface area contributed by atoms with Crippen LogP contribution in [0.2, 0.25) is 0 Å². The van der Waals surface area contributed by atoms with Gasteiger partial charge in [0.2, 0.25) is 0 Å². The number of aryl methyl sites for hydroxylation is 2. The van der Waals surface area contributed by atoms with E-state index in [9.17, 15) is 13.9 Å². The third-order valence-electron chi connectivity index (χ3n) is 7.49. The number of hydrogen-bond acceptors (Lipinski definition) is 6. The van der Waals surface area contributed by atoms with Gasteiger partial charge in [0.15, 0.2) is 0 Å². The van der Waals surface area contributed by atoms with Gasteiger partial charge in [0, 0.05) is 17.0 Å². The molecule has 0 bridgehead atoms. The lowest BCUT2D eigenvalue weighted by molar-refractivity contribution is -0.170. The summed E-state index contributed by atoms with van der Waals surface area (Å²) < 4.78 is 51.5. The molecule has 38 heavy (non-hydrogen) atoms. The van der Waals surface area contributed by atoms with Crippen LogP contribution in [-0.2, 0) is 5.92 Å². The highest BCUT2D eigenvalue weighted by Gasteiger charge is 2.49. The largest absolute Gasteiger partial charge is 0.489 e. The Hall–Kier alpha value is -2.91. The minimum Gasteiger partial charge on any atom is -0.489 e. The number of aliphatic hydroxyl groups is 1. The molecule has 6 nitrogen and oxygen atoms in total. The molecule has 0 aliphatic carbocycles. The number of benzene rings is 2. The van der Waals surface area contributed by atoms with E-state index in [1.54, 1.807) is 13.8 Å². The lowest BCUT2D eigenvalue weighted by Gasteiger charge is -2.30. The molecule has 2 heterocycles. The Bertz CT molecular complexity index is 1330. The minimum atomic E-state index is -3.78. The molecule has 4 rings (SSSR count). The van der Waals surface area contributed by atoms with Crippen LogP contribution < -0.4 is 10.1 Å². The van der Waals surface area contributed by atoms with Crippen molar-refractivity contribution in [3.8, 4) is 5.75 Å². The van der Waals surface area contributed by atoms with Gasteiger partial charge >= 0.3 is 5.92 Å². The molecule has 2 N–H and O–H groups in total. The number of nitrogens with one attached hydrogen (secondary N) is 1. The predicted molar refractivity (Wildman–Crippen MR) is 143 cm³/mol. The Morgan fingerprint density at radius 1 is 1.16 bits per heavy atom. The summed E-state index contributed by atoms with van der Waals surface area (Å²) in [6.45, 7) is 10.5. The van der Waals surface area contributed by atoms with Crippen LogP contribution in [0.3, 0.4) is 0 Å². The van der Waals surface area contributed by atoms with Crippen molar-refractivity contribution in [3.05, 3.63) is 58.7 Å². The monoisotopic (exact) mass is 530 g/mol. The van der Waals surface area contributed by atoms with Crippen LogP contribution in [0.25, 0.3) is 10.9 Å². The lowest BCUT2D eigenvalue weighted by atomic mass is 9.91. The summed E-state index contributed by atoms with van der Waals surface area (Å²) in [6, 6.07) is 7.27. The van der Waals surface area contributed by atoms with E-state index in [-0.39, 0.29) is 11.7 Å². The summed E-state index contributed by atoms with van der Waals surface area (Å²) in [5.74, 6) is -3.16. The summed E-state index contributed by atoms with van der Waals surface area (Å²) in [5.41, 5.74) is -1.60. The number of rotatable bonds is 8. The van der Waals surface area contributed by atoms with Gasteiger partial charge in [-0.1, -0.05) is 12.1 Å². The van der Waals surface area contributed by atoms with Gasteiger partial charge in [-0.15, -0.1) is 0 Å². The van der Waals surface area contributed by atoms with Gasteiger partial charge in [-0.05, 0) is 91.7 Å². The van der Waals surface area contributed by atoms with Crippen LogP contribution in [0.15, 0.2) is 30.3 Å². The topological polar surface area (TPSA) is 70.5 Å². The normalized spacial score (nSPS) is 18.6. The third-order valence-corrected chi connectivity index (χ3v) is 7.49. The zero-order valence-electron chi connectivity index (χ0n) is 23.1. The number of nitrogens with zero attached hydrogens (tertiary/aromatic N) is 3. The van der Waals surface area contributed by atoms with Crippen molar-refractivity contribution in [3.63, 3.8) is 0 Å². The second kappa shape index (κ2) is 10.3. The van der Waals surface area contributed by atoms with Crippen molar-refractivity contribution in [1.29, 1.82) is 0 Å². The Morgan fingerprint density at radius 2 is 1.87 bits per heavy atom. The van der Waals surface area contributed by atoms with Crippen molar-refractivity contribution >= 4 is 16.7 Å². The van der Waals surface area contributed by atoms with Crippen LogP contribution in [0, 0.1) is 19.7 Å². The molecule has 2 aromatic carbocycles. The fraction of sp³-hybridized carbons (Fsp3) is 0.517. The first-order valence-corrected chi connectivity index (χ1v) is 13.0. The molecule has 0 amide bonds. The van der Waals surface area contributed by atoms with Gasteiger partial charge in [0.05, 0.1) is 17.1 Å². The van der Waals surface area contributed by atoms with Gasteiger partial charge < -0.3 is 15.2 Å². The summed E-state index contributed by atoms with van der Waals surface area (Å²) >= 11 is 0. The van der Waals surface area contributed by atoms with E-state index in [2.05, 4.69) is 34.2 Å². The first-order valence-electron chi connectivity index (χ1n) is 13.0. The van der Waals surface area contributed by atoms with E-state index < -0.39 is 28.9 Å². The number of hydrogen-bond donors (Lipinski definition) is 2. The van der Waals surface area contributed by atoms with E-state index in [1.807, 2.05) is 19.1 Å². The van der Waals surface area contributed by atoms with Crippen LogP contribution in [0.1, 0.15) is 69.1 Å². The maximum Gasteiger partial charge on any atom is 0.303 e. The second-order valence-electron chi connectivity index (χ2n) is 11.0. The highest BCUT2D eigenvalue weighted by Crippen LogP contribution is 2.41. The Morgan fingerprint density at radius 3 is 2.50 bits per heavy atom. The molecular weight excluding hydrogens is 493 g/mol. The quantitative estimate of drug-likeness (QED) is 0.357. The SMILES string of the molecule is Cc1nc(N[C@H](C)c2cccc(C(F)(F)C(C)(C)O)c2F)c2cc(O[C@@H](C)[C@@H]3CCCN3C)c(C)cc2n1. The third kappa shape index (κ3) is 5.31.